The minimum absolute atomic E-state index is 0. The van der Waals surface area contributed by atoms with Crippen LogP contribution in [0, 0.1) is 0 Å². The predicted molar refractivity (Wildman–Crippen MR) is 106 cm³/mol. The number of hydrogen-bond donors (Lipinski definition) is 2. The summed E-state index contributed by atoms with van der Waals surface area (Å²) in [7, 11) is 0. The number of pyridine rings is 1. The van der Waals surface area contributed by atoms with E-state index in [1.54, 1.807) is 25.3 Å². The Morgan fingerprint density at radius 2 is 1.65 bits per heavy atom. The fraction of sp³-hybridized carbons (Fsp3) is 0.143. The number of rotatable bonds is 5. The summed E-state index contributed by atoms with van der Waals surface area (Å²) in [4.78, 5) is 16.3. The molecule has 4 nitrogen and oxygen atoms in total. The van der Waals surface area contributed by atoms with Gasteiger partial charge in [-0.15, -0.1) is 12.4 Å². The first kappa shape index (κ1) is 19.6. The quantitative estimate of drug-likeness (QED) is 0.716. The molecule has 26 heavy (non-hydrogen) atoms. The third-order valence-corrected chi connectivity index (χ3v) is 3.92. The monoisotopic (exact) mass is 368 g/mol. The van der Waals surface area contributed by atoms with Gasteiger partial charge in [-0.3, -0.25) is 9.78 Å². The maximum absolute atomic E-state index is 12.1. The van der Waals surface area contributed by atoms with E-state index in [9.17, 15) is 9.90 Å². The van der Waals surface area contributed by atoms with E-state index in [0.717, 1.165) is 22.3 Å². The molecule has 3 rings (SSSR count). The molecule has 3 aromatic rings. The van der Waals surface area contributed by atoms with Crippen molar-refractivity contribution in [1.29, 1.82) is 0 Å². The van der Waals surface area contributed by atoms with Crippen molar-refractivity contribution in [3.8, 4) is 22.3 Å². The Labute approximate surface area is 159 Å². The highest BCUT2D eigenvalue weighted by molar-refractivity contribution is 5.95. The van der Waals surface area contributed by atoms with E-state index in [2.05, 4.69) is 22.4 Å². The number of benzene rings is 2. The summed E-state index contributed by atoms with van der Waals surface area (Å²) in [5.41, 5.74) is 4.80. The number of carbonyl (C=O) groups excluding carboxylic acids is 1. The molecule has 0 saturated carbocycles. The average molecular weight is 369 g/mol. The Hall–Kier alpha value is -2.69. The van der Waals surface area contributed by atoms with Crippen molar-refractivity contribution in [3.05, 3.63) is 78.6 Å². The van der Waals surface area contributed by atoms with Crippen molar-refractivity contribution in [2.75, 3.05) is 6.54 Å². The standard InChI is InChI=1S/C21H20N2O2.ClH/c1-15(24)13-23-21(25)18-9-7-17(8-10-18)20-14-22-12-11-19(20)16-5-3-2-4-6-16;/h2-12,14-15,24H,13H2,1H3,(H,23,25);1H/t15-;/m1./s1. The highest BCUT2D eigenvalue weighted by Crippen LogP contribution is 2.31. The normalized spacial score (nSPS) is 11.3. The van der Waals surface area contributed by atoms with Gasteiger partial charge in [-0.25, -0.2) is 0 Å². The molecule has 2 N–H and O–H groups in total. The number of nitrogens with one attached hydrogen (secondary N) is 1. The van der Waals surface area contributed by atoms with Gasteiger partial charge in [0.05, 0.1) is 6.10 Å². The van der Waals surface area contributed by atoms with Gasteiger partial charge < -0.3 is 10.4 Å². The molecule has 2 aromatic carbocycles. The van der Waals surface area contributed by atoms with Crippen molar-refractivity contribution in [1.82, 2.24) is 10.3 Å². The molecule has 0 aliphatic rings. The molecule has 0 aliphatic heterocycles. The first-order valence-electron chi connectivity index (χ1n) is 8.21. The third kappa shape index (κ3) is 4.69. The second-order valence-corrected chi connectivity index (χ2v) is 5.92. The molecular formula is C21H21ClN2O2. The van der Waals surface area contributed by atoms with Crippen molar-refractivity contribution < 1.29 is 9.90 Å². The van der Waals surface area contributed by atoms with Gasteiger partial charge in [0.25, 0.3) is 5.91 Å². The van der Waals surface area contributed by atoms with Crippen LogP contribution in [0.15, 0.2) is 73.1 Å². The molecule has 1 atom stereocenters. The number of halogens is 1. The minimum atomic E-state index is -0.563. The van der Waals surface area contributed by atoms with Gasteiger partial charge in [0.15, 0.2) is 0 Å². The van der Waals surface area contributed by atoms with Crippen LogP contribution in [-0.2, 0) is 0 Å². The molecule has 0 bridgehead atoms. The van der Waals surface area contributed by atoms with Crippen LogP contribution in [0.5, 0.6) is 0 Å². The van der Waals surface area contributed by atoms with Gasteiger partial charge >= 0.3 is 0 Å². The number of hydrogen-bond acceptors (Lipinski definition) is 3. The van der Waals surface area contributed by atoms with E-state index in [1.807, 2.05) is 42.6 Å². The van der Waals surface area contributed by atoms with E-state index in [-0.39, 0.29) is 24.9 Å². The summed E-state index contributed by atoms with van der Waals surface area (Å²) in [6.45, 7) is 1.87. The van der Waals surface area contributed by atoms with Crippen LogP contribution in [0.25, 0.3) is 22.3 Å². The molecule has 0 spiro atoms. The molecule has 5 heteroatoms. The van der Waals surface area contributed by atoms with Crippen LogP contribution in [0.2, 0.25) is 0 Å². The Morgan fingerprint density at radius 3 is 2.31 bits per heavy atom. The van der Waals surface area contributed by atoms with Crippen molar-refractivity contribution in [2.45, 2.75) is 13.0 Å². The second-order valence-electron chi connectivity index (χ2n) is 5.92. The summed E-state index contributed by atoms with van der Waals surface area (Å²) in [5.74, 6) is -0.193. The second kappa shape index (κ2) is 9.13. The third-order valence-electron chi connectivity index (χ3n) is 3.92. The van der Waals surface area contributed by atoms with Gasteiger partial charge in [0.2, 0.25) is 0 Å². The number of nitrogens with zero attached hydrogens (tertiary/aromatic N) is 1. The number of carbonyl (C=O) groups is 1. The van der Waals surface area contributed by atoms with Crippen molar-refractivity contribution >= 4 is 18.3 Å². The summed E-state index contributed by atoms with van der Waals surface area (Å²) >= 11 is 0. The summed E-state index contributed by atoms with van der Waals surface area (Å²) in [6, 6.07) is 19.5. The zero-order valence-corrected chi connectivity index (χ0v) is 15.2. The molecular weight excluding hydrogens is 348 g/mol. The van der Waals surface area contributed by atoms with Gasteiger partial charge in [0.1, 0.15) is 0 Å². The molecule has 0 saturated heterocycles. The Morgan fingerprint density at radius 1 is 1.00 bits per heavy atom. The Kier molecular flexibility index (Phi) is 6.89. The van der Waals surface area contributed by atoms with E-state index in [1.165, 1.54) is 0 Å². The molecule has 1 aromatic heterocycles. The van der Waals surface area contributed by atoms with E-state index in [0.29, 0.717) is 5.56 Å². The number of aromatic nitrogens is 1. The highest BCUT2D eigenvalue weighted by atomic mass is 35.5. The number of aliphatic hydroxyl groups is 1. The molecule has 0 radical (unpaired) electrons. The average Bonchev–Trinajstić information content (AvgIpc) is 2.67. The molecule has 0 aliphatic carbocycles. The van der Waals surface area contributed by atoms with E-state index >= 15 is 0 Å². The van der Waals surface area contributed by atoms with Crippen molar-refractivity contribution in [3.63, 3.8) is 0 Å². The Bertz CT molecular complexity index is 849. The summed E-state index contributed by atoms with van der Waals surface area (Å²) in [5, 5.41) is 12.0. The molecule has 1 amide bonds. The largest absolute Gasteiger partial charge is 0.392 e. The first-order chi connectivity index (χ1) is 12.1. The zero-order valence-electron chi connectivity index (χ0n) is 14.4. The lowest BCUT2D eigenvalue weighted by atomic mass is 9.96. The van der Waals surface area contributed by atoms with Crippen LogP contribution >= 0.6 is 12.4 Å². The highest BCUT2D eigenvalue weighted by Gasteiger charge is 2.10. The topological polar surface area (TPSA) is 62.2 Å². The van der Waals surface area contributed by atoms with Gasteiger partial charge in [-0.1, -0.05) is 42.5 Å². The van der Waals surface area contributed by atoms with E-state index in [4.69, 9.17) is 0 Å². The maximum Gasteiger partial charge on any atom is 0.251 e. The van der Waals surface area contributed by atoms with Crippen LogP contribution < -0.4 is 5.32 Å². The molecule has 134 valence electrons. The van der Waals surface area contributed by atoms with Crippen LogP contribution in [0.4, 0.5) is 0 Å². The van der Waals surface area contributed by atoms with Gasteiger partial charge in [-0.2, -0.15) is 0 Å². The first-order valence-corrected chi connectivity index (χ1v) is 8.21. The molecule has 0 fully saturated rings. The van der Waals surface area contributed by atoms with Crippen LogP contribution in [0.3, 0.4) is 0 Å². The SMILES string of the molecule is C[C@@H](O)CNC(=O)c1ccc(-c2cnccc2-c2ccccc2)cc1.Cl. The summed E-state index contributed by atoms with van der Waals surface area (Å²) in [6.07, 6.45) is 3.06. The van der Waals surface area contributed by atoms with Crippen LogP contribution in [-0.4, -0.2) is 28.6 Å². The van der Waals surface area contributed by atoms with E-state index < -0.39 is 6.10 Å². The number of aliphatic hydroxyl groups excluding tert-OH is 1. The van der Waals surface area contributed by atoms with Crippen molar-refractivity contribution in [2.24, 2.45) is 0 Å². The smallest absolute Gasteiger partial charge is 0.251 e. The molecule has 0 unspecified atom stereocenters. The number of amides is 1. The Balaban J connectivity index is 0.00000243. The minimum Gasteiger partial charge on any atom is -0.392 e. The van der Waals surface area contributed by atoms with Crippen LogP contribution in [0.1, 0.15) is 17.3 Å². The fourth-order valence-electron chi connectivity index (χ4n) is 2.64. The molecule has 1 heterocycles. The van der Waals surface area contributed by atoms with Gasteiger partial charge in [-0.05, 0) is 41.8 Å². The fourth-order valence-corrected chi connectivity index (χ4v) is 2.64. The zero-order chi connectivity index (χ0) is 17.6. The maximum atomic E-state index is 12.1. The predicted octanol–water partition coefficient (Wildman–Crippen LogP) is 3.95. The lowest BCUT2D eigenvalue weighted by molar-refractivity contribution is 0.0924. The van der Waals surface area contributed by atoms with Gasteiger partial charge in [0, 0.05) is 30.1 Å². The lowest BCUT2D eigenvalue weighted by Gasteiger charge is -2.11. The lowest BCUT2D eigenvalue weighted by Crippen LogP contribution is -2.30. The summed E-state index contributed by atoms with van der Waals surface area (Å²) < 4.78 is 0.